The molecule has 15 rings (SSSR count). The van der Waals surface area contributed by atoms with Crippen molar-refractivity contribution in [1.29, 1.82) is 0 Å². The van der Waals surface area contributed by atoms with Gasteiger partial charge in [-0.2, -0.15) is 0 Å². The van der Waals surface area contributed by atoms with E-state index in [1.165, 1.54) is 106 Å². The van der Waals surface area contributed by atoms with Crippen molar-refractivity contribution < 1.29 is 0 Å². The van der Waals surface area contributed by atoms with E-state index in [4.69, 9.17) is 0 Å². The van der Waals surface area contributed by atoms with Crippen molar-refractivity contribution in [3.8, 4) is 33.4 Å². The van der Waals surface area contributed by atoms with Gasteiger partial charge in [0.05, 0.1) is 27.9 Å². The molecule has 1 spiro atoms. The predicted octanol–water partition coefficient (Wildman–Crippen LogP) is 18.8. The second-order valence-corrected chi connectivity index (χ2v) is 20.6. The molecule has 0 unspecified atom stereocenters. The van der Waals surface area contributed by atoms with Gasteiger partial charge in [-0.3, -0.25) is 0 Å². The molecule has 2 nitrogen and oxygen atoms in total. The van der Waals surface area contributed by atoms with Crippen LogP contribution >= 0.6 is 0 Å². The highest BCUT2D eigenvalue weighted by Crippen LogP contribution is 2.65. The number of para-hydroxylation sites is 4. The molecule has 0 N–H and O–H groups in total. The molecule has 0 bridgehead atoms. The third-order valence-corrected chi connectivity index (χ3v) is 16.9. The van der Waals surface area contributed by atoms with Gasteiger partial charge in [0.1, 0.15) is 0 Å². The van der Waals surface area contributed by atoms with E-state index >= 15 is 0 Å². The topological polar surface area (TPSA) is 6.48 Å². The number of anilines is 5. The van der Waals surface area contributed by atoms with Crippen LogP contribution in [0.1, 0.15) is 57.3 Å². The van der Waals surface area contributed by atoms with Crippen LogP contribution in [0.3, 0.4) is 0 Å². The maximum Gasteiger partial charge on any atom is 0.0755 e. The van der Waals surface area contributed by atoms with E-state index in [0.29, 0.717) is 0 Å². The fourth-order valence-corrected chi connectivity index (χ4v) is 13.9. The molecule has 11 aromatic carbocycles. The van der Waals surface area contributed by atoms with Crippen molar-refractivity contribution in [2.45, 2.75) is 23.7 Å². The van der Waals surface area contributed by atoms with Crippen LogP contribution in [0.5, 0.6) is 0 Å². The Labute approximate surface area is 445 Å². The molecule has 0 amide bonds. The largest absolute Gasteiger partial charge is 0.314 e. The smallest absolute Gasteiger partial charge is 0.0755 e. The van der Waals surface area contributed by atoms with Crippen molar-refractivity contribution >= 4 is 34.0 Å². The lowest BCUT2D eigenvalue weighted by molar-refractivity contribution is 0.749. The average molecular weight is 969 g/mol. The minimum atomic E-state index is -0.620. The van der Waals surface area contributed by atoms with E-state index in [2.05, 4.69) is 301 Å². The van der Waals surface area contributed by atoms with Gasteiger partial charge in [-0.15, -0.1) is 0 Å². The molecule has 0 radical (unpaired) electrons. The summed E-state index contributed by atoms with van der Waals surface area (Å²) in [6, 6.07) is 106. The summed E-state index contributed by atoms with van der Waals surface area (Å²) in [6.07, 6.45) is 4.34. The fourth-order valence-electron chi connectivity index (χ4n) is 13.9. The lowest BCUT2D eigenvalue weighted by Crippen LogP contribution is -2.36. The molecular formula is C74H52N2. The van der Waals surface area contributed by atoms with Gasteiger partial charge in [-0.1, -0.05) is 243 Å². The van der Waals surface area contributed by atoms with Gasteiger partial charge in [-0.25, -0.2) is 0 Å². The van der Waals surface area contributed by atoms with E-state index in [1.54, 1.807) is 0 Å². The van der Waals surface area contributed by atoms with Gasteiger partial charge in [0.2, 0.25) is 0 Å². The van der Waals surface area contributed by atoms with Crippen molar-refractivity contribution in [3.05, 3.63) is 347 Å². The quantitative estimate of drug-likeness (QED) is 0.150. The van der Waals surface area contributed by atoms with E-state index in [-0.39, 0.29) is 0 Å². The molecule has 0 atom stereocenters. The van der Waals surface area contributed by atoms with E-state index in [1.807, 2.05) is 0 Å². The Bertz CT molecular complexity index is 4030. The molecular weight excluding hydrogens is 917 g/mol. The minimum absolute atomic E-state index is 0.533. The maximum absolute atomic E-state index is 2.64. The van der Waals surface area contributed by atoms with E-state index in [9.17, 15) is 0 Å². The molecule has 0 saturated heterocycles. The van der Waals surface area contributed by atoms with Gasteiger partial charge in [0.25, 0.3) is 0 Å². The predicted molar refractivity (Wildman–Crippen MR) is 315 cm³/mol. The Morgan fingerprint density at radius 2 is 0.803 bits per heavy atom. The van der Waals surface area contributed by atoms with Crippen LogP contribution in [0.2, 0.25) is 0 Å². The standard InChI is InChI=1S/C74H52N2/c1-5-25-51(26-6-1)57-33-13-14-34-58(57)63-37-17-22-42-70(63)75(55-45-47-61-59-35-15-18-38-64(59)73(68(61)49-55,52-27-7-2-8-28-52)53-29-9-3-10-30-53)56-46-48-62-60-36-16-19-39-65(60)74(69(62)50-56)66-40-20-23-43-71(66)76(54-31-11-4-12-32-54)72-44-24-21-41-67(72)74/h1-44,46,48-50H,45,47H2. The number of fused-ring (bicyclic) bond motifs is 11. The second kappa shape index (κ2) is 17.6. The average Bonchev–Trinajstić information content (AvgIpc) is 3.97. The summed E-state index contributed by atoms with van der Waals surface area (Å²) in [4.78, 5) is 5.11. The normalized spacial score (nSPS) is 14.9. The highest BCUT2D eigenvalue weighted by Gasteiger charge is 2.52. The zero-order chi connectivity index (χ0) is 50.2. The first kappa shape index (κ1) is 44.0. The number of hydrogen-bond donors (Lipinski definition) is 0. The van der Waals surface area contributed by atoms with Crippen LogP contribution in [0.4, 0.5) is 28.4 Å². The summed E-state index contributed by atoms with van der Waals surface area (Å²) in [5.74, 6) is 0. The number of nitrogens with zero attached hydrogens (tertiary/aromatic N) is 2. The van der Waals surface area contributed by atoms with Crippen molar-refractivity contribution in [3.63, 3.8) is 0 Å². The molecule has 1 heterocycles. The summed E-state index contributed by atoms with van der Waals surface area (Å²) in [7, 11) is 0. The molecule has 2 heteroatoms. The van der Waals surface area contributed by atoms with E-state index < -0.39 is 10.8 Å². The number of allylic oxidation sites excluding steroid dienone is 4. The highest BCUT2D eigenvalue weighted by atomic mass is 15.2. The van der Waals surface area contributed by atoms with Gasteiger partial charge in [0.15, 0.2) is 0 Å². The first-order valence-corrected chi connectivity index (χ1v) is 26.7. The monoisotopic (exact) mass is 968 g/mol. The number of hydrogen-bond acceptors (Lipinski definition) is 2. The van der Waals surface area contributed by atoms with Crippen LogP contribution < -0.4 is 9.80 Å². The summed E-state index contributed by atoms with van der Waals surface area (Å²) in [5, 5.41) is 0. The molecule has 358 valence electrons. The zero-order valence-electron chi connectivity index (χ0n) is 42.0. The summed E-state index contributed by atoms with van der Waals surface area (Å²) in [5.41, 5.74) is 26.4. The molecule has 4 aliphatic rings. The van der Waals surface area contributed by atoms with Crippen LogP contribution in [-0.2, 0) is 10.8 Å². The van der Waals surface area contributed by atoms with Crippen LogP contribution in [0.15, 0.2) is 302 Å². The highest BCUT2D eigenvalue weighted by molar-refractivity contribution is 5.99. The summed E-state index contributed by atoms with van der Waals surface area (Å²) < 4.78 is 0. The van der Waals surface area contributed by atoms with Gasteiger partial charge in [0, 0.05) is 22.6 Å². The lowest BCUT2D eigenvalue weighted by atomic mass is 9.64. The fraction of sp³-hybridized carbons (Fsp3) is 0.0541. The second-order valence-electron chi connectivity index (χ2n) is 20.6. The molecule has 0 saturated carbocycles. The molecule has 0 aromatic heterocycles. The van der Waals surface area contributed by atoms with Gasteiger partial charge >= 0.3 is 0 Å². The van der Waals surface area contributed by atoms with Crippen LogP contribution in [-0.4, -0.2) is 0 Å². The van der Waals surface area contributed by atoms with E-state index in [0.717, 1.165) is 29.9 Å². The van der Waals surface area contributed by atoms with Crippen molar-refractivity contribution in [1.82, 2.24) is 0 Å². The first-order chi connectivity index (χ1) is 37.7. The molecule has 0 fully saturated rings. The van der Waals surface area contributed by atoms with Crippen LogP contribution in [0.25, 0.3) is 39.0 Å². The summed E-state index contributed by atoms with van der Waals surface area (Å²) >= 11 is 0. The molecule has 76 heavy (non-hydrogen) atoms. The van der Waals surface area contributed by atoms with Crippen molar-refractivity contribution in [2.75, 3.05) is 9.80 Å². The molecule has 11 aromatic rings. The Morgan fingerprint density at radius 3 is 1.45 bits per heavy atom. The third-order valence-electron chi connectivity index (χ3n) is 16.9. The van der Waals surface area contributed by atoms with Gasteiger partial charge in [-0.05, 0) is 145 Å². The summed E-state index contributed by atoms with van der Waals surface area (Å²) in [6.45, 7) is 0. The van der Waals surface area contributed by atoms with Gasteiger partial charge < -0.3 is 9.80 Å². The Hall–Kier alpha value is -9.50. The SMILES string of the molecule is C1=C(N(c2ccc3c(c2)C2(c4ccccc4-3)c3ccccc3N(c3ccccc3)c3ccccc32)c2ccccc2-c2ccccc2-c2ccccc2)CCC2=C1C(c1ccccc1)(c1ccccc1)c1ccccc12. The van der Waals surface area contributed by atoms with Crippen molar-refractivity contribution in [2.24, 2.45) is 0 Å². The Balaban J connectivity index is 1.02. The maximum atomic E-state index is 2.64. The Morgan fingerprint density at radius 1 is 0.329 bits per heavy atom. The lowest BCUT2D eigenvalue weighted by Gasteiger charge is -2.45. The molecule has 3 aliphatic carbocycles. The van der Waals surface area contributed by atoms with Crippen LogP contribution in [0, 0.1) is 0 Å². The minimum Gasteiger partial charge on any atom is -0.314 e. The zero-order valence-corrected chi connectivity index (χ0v) is 42.0. The Kier molecular flexibility index (Phi) is 10.2. The first-order valence-electron chi connectivity index (χ1n) is 26.7. The third kappa shape index (κ3) is 6.34. The molecule has 1 aliphatic heterocycles. The number of rotatable bonds is 8. The number of benzene rings is 11.